The zero-order valence-electron chi connectivity index (χ0n) is 15.1. The number of nitrogens with zero attached hydrogens (tertiary/aromatic N) is 1. The fourth-order valence-corrected chi connectivity index (χ4v) is 3.33. The highest BCUT2D eigenvalue weighted by Gasteiger charge is 2.28. The summed E-state index contributed by atoms with van der Waals surface area (Å²) in [6.07, 6.45) is 1.71. The summed E-state index contributed by atoms with van der Waals surface area (Å²) in [5.74, 6) is -1.23. The van der Waals surface area contributed by atoms with Crippen molar-refractivity contribution < 1.29 is 18.7 Å². The molecular weight excluding hydrogens is 349 g/mol. The molecule has 2 aromatic rings. The molecule has 0 aromatic heterocycles. The van der Waals surface area contributed by atoms with E-state index in [0.717, 1.165) is 31.0 Å². The van der Waals surface area contributed by atoms with E-state index in [1.54, 1.807) is 6.07 Å². The topological polar surface area (TPSA) is 84.7 Å². The smallest absolute Gasteiger partial charge is 0.255 e. The van der Waals surface area contributed by atoms with Crippen molar-refractivity contribution in [2.24, 2.45) is 5.73 Å². The number of nitrogens with one attached hydrogen (secondary N) is 1. The Morgan fingerprint density at radius 2 is 2.11 bits per heavy atom. The highest BCUT2D eigenvalue weighted by atomic mass is 19.1. The fourth-order valence-electron chi connectivity index (χ4n) is 3.33. The molecule has 2 amide bonds. The maximum absolute atomic E-state index is 13.8. The molecule has 1 saturated heterocycles. The first-order valence-electron chi connectivity index (χ1n) is 8.75. The summed E-state index contributed by atoms with van der Waals surface area (Å²) in [6, 6.07) is 11.2. The number of amides is 2. The quantitative estimate of drug-likeness (QED) is 0.817. The van der Waals surface area contributed by atoms with Gasteiger partial charge in [0.1, 0.15) is 0 Å². The lowest BCUT2D eigenvalue weighted by Gasteiger charge is -2.22. The largest absolute Gasteiger partial charge is 0.494 e. The van der Waals surface area contributed by atoms with E-state index in [9.17, 15) is 14.0 Å². The predicted molar refractivity (Wildman–Crippen MR) is 100.0 cm³/mol. The van der Waals surface area contributed by atoms with Crippen LogP contribution in [-0.2, 0) is 11.3 Å². The van der Waals surface area contributed by atoms with Crippen LogP contribution in [0.15, 0.2) is 42.5 Å². The number of halogens is 1. The zero-order chi connectivity index (χ0) is 19.4. The number of likely N-dealkylation sites (tertiary alicyclic amines) is 1. The molecule has 1 unspecified atom stereocenters. The minimum absolute atomic E-state index is 0.0863. The molecule has 3 rings (SSSR count). The van der Waals surface area contributed by atoms with Gasteiger partial charge in [-0.25, -0.2) is 4.39 Å². The van der Waals surface area contributed by atoms with Crippen LogP contribution < -0.4 is 15.8 Å². The Hall–Kier alpha value is -2.93. The average molecular weight is 371 g/mol. The second kappa shape index (κ2) is 8.18. The minimum Gasteiger partial charge on any atom is -0.494 e. The van der Waals surface area contributed by atoms with Crippen LogP contribution in [0.2, 0.25) is 0 Å². The molecule has 1 aliphatic heterocycles. The Morgan fingerprint density at radius 3 is 2.81 bits per heavy atom. The predicted octanol–water partition coefficient (Wildman–Crippen LogP) is 2.54. The van der Waals surface area contributed by atoms with E-state index >= 15 is 0 Å². The molecular formula is C20H22FN3O3. The Bertz CT molecular complexity index is 856. The highest BCUT2D eigenvalue weighted by molar-refractivity contribution is 6.04. The number of hydrogen-bond acceptors (Lipinski definition) is 4. The zero-order valence-corrected chi connectivity index (χ0v) is 15.1. The molecule has 2 aromatic carbocycles. The summed E-state index contributed by atoms with van der Waals surface area (Å²) in [5.41, 5.74) is 7.22. The van der Waals surface area contributed by atoms with Crippen molar-refractivity contribution in [1.82, 2.24) is 4.90 Å². The Kier molecular flexibility index (Phi) is 5.71. The number of benzene rings is 2. The van der Waals surface area contributed by atoms with E-state index < -0.39 is 11.7 Å². The molecule has 6 nitrogen and oxygen atoms in total. The second-order valence-electron chi connectivity index (χ2n) is 6.53. The van der Waals surface area contributed by atoms with Gasteiger partial charge < -0.3 is 15.8 Å². The maximum atomic E-state index is 13.8. The van der Waals surface area contributed by atoms with Crippen LogP contribution in [0.25, 0.3) is 0 Å². The van der Waals surface area contributed by atoms with Crippen molar-refractivity contribution >= 4 is 17.5 Å². The van der Waals surface area contributed by atoms with Gasteiger partial charge in [-0.3, -0.25) is 14.5 Å². The van der Waals surface area contributed by atoms with Crippen LogP contribution >= 0.6 is 0 Å². The van der Waals surface area contributed by atoms with Crippen molar-refractivity contribution in [3.05, 3.63) is 59.4 Å². The molecule has 0 aliphatic carbocycles. The number of anilines is 1. The molecule has 1 atom stereocenters. The van der Waals surface area contributed by atoms with E-state index in [2.05, 4.69) is 5.32 Å². The number of nitrogens with two attached hydrogens (primary N) is 1. The molecule has 7 heteroatoms. The molecule has 142 valence electrons. The van der Waals surface area contributed by atoms with E-state index in [1.807, 2.05) is 23.1 Å². The monoisotopic (exact) mass is 371 g/mol. The Morgan fingerprint density at radius 1 is 1.30 bits per heavy atom. The normalized spacial score (nSPS) is 16.9. The molecule has 0 bridgehead atoms. The number of carbonyl (C=O) groups is 2. The molecule has 3 N–H and O–H groups in total. The van der Waals surface area contributed by atoms with Gasteiger partial charge in [0.2, 0.25) is 5.91 Å². The molecule has 0 spiro atoms. The van der Waals surface area contributed by atoms with Crippen molar-refractivity contribution in [3.8, 4) is 5.75 Å². The molecule has 0 radical (unpaired) electrons. The molecule has 1 heterocycles. The van der Waals surface area contributed by atoms with Crippen LogP contribution in [0, 0.1) is 5.82 Å². The number of rotatable bonds is 6. The maximum Gasteiger partial charge on any atom is 0.255 e. The number of carbonyl (C=O) groups excluding carboxylic acids is 2. The van der Waals surface area contributed by atoms with Gasteiger partial charge in [-0.05, 0) is 55.3 Å². The van der Waals surface area contributed by atoms with Crippen LogP contribution in [0.3, 0.4) is 0 Å². The number of hydrogen-bond donors (Lipinski definition) is 2. The van der Waals surface area contributed by atoms with E-state index in [0.29, 0.717) is 12.2 Å². The van der Waals surface area contributed by atoms with Gasteiger partial charge >= 0.3 is 0 Å². The van der Waals surface area contributed by atoms with Crippen molar-refractivity contribution in [3.63, 3.8) is 0 Å². The number of methoxy groups -OCH3 is 1. The summed E-state index contributed by atoms with van der Waals surface area (Å²) >= 11 is 0. The third kappa shape index (κ3) is 4.43. The Balaban J connectivity index is 1.69. The summed E-state index contributed by atoms with van der Waals surface area (Å²) in [4.78, 5) is 25.9. The fraction of sp³-hybridized carbons (Fsp3) is 0.300. The van der Waals surface area contributed by atoms with E-state index in [4.69, 9.17) is 10.5 Å². The summed E-state index contributed by atoms with van der Waals surface area (Å²) < 4.78 is 18.7. The van der Waals surface area contributed by atoms with Crippen LogP contribution in [-0.4, -0.2) is 36.4 Å². The van der Waals surface area contributed by atoms with Gasteiger partial charge in [-0.15, -0.1) is 0 Å². The summed E-state index contributed by atoms with van der Waals surface area (Å²) in [6.45, 7) is 1.39. The van der Waals surface area contributed by atoms with Crippen molar-refractivity contribution in [1.29, 1.82) is 0 Å². The van der Waals surface area contributed by atoms with Gasteiger partial charge in [0.15, 0.2) is 11.6 Å². The number of primary amides is 1. The number of ether oxygens (including phenoxy) is 1. The first-order chi connectivity index (χ1) is 13.0. The lowest BCUT2D eigenvalue weighted by molar-refractivity contribution is -0.122. The third-order valence-electron chi connectivity index (χ3n) is 4.68. The van der Waals surface area contributed by atoms with Gasteiger partial charge in [-0.2, -0.15) is 0 Å². The SMILES string of the molecule is COc1ccc(C(=O)Nc2cccc(CN3CCCC3C(N)=O)c2)cc1F. The van der Waals surface area contributed by atoms with Gasteiger partial charge in [-0.1, -0.05) is 12.1 Å². The lowest BCUT2D eigenvalue weighted by Crippen LogP contribution is -2.39. The molecule has 1 fully saturated rings. The lowest BCUT2D eigenvalue weighted by atomic mass is 10.1. The van der Waals surface area contributed by atoms with Crippen LogP contribution in [0.5, 0.6) is 5.75 Å². The average Bonchev–Trinajstić information content (AvgIpc) is 3.10. The second-order valence-corrected chi connectivity index (χ2v) is 6.53. The van der Waals surface area contributed by atoms with E-state index in [-0.39, 0.29) is 23.3 Å². The first kappa shape index (κ1) is 18.8. The molecule has 0 saturated carbocycles. The van der Waals surface area contributed by atoms with Crippen LogP contribution in [0.4, 0.5) is 10.1 Å². The minimum atomic E-state index is -0.592. The Labute approximate surface area is 157 Å². The molecule has 27 heavy (non-hydrogen) atoms. The van der Waals surface area contributed by atoms with Crippen molar-refractivity contribution in [2.75, 3.05) is 19.0 Å². The van der Waals surface area contributed by atoms with Crippen LogP contribution in [0.1, 0.15) is 28.8 Å². The van der Waals surface area contributed by atoms with Gasteiger partial charge in [0.25, 0.3) is 5.91 Å². The van der Waals surface area contributed by atoms with Gasteiger partial charge in [0.05, 0.1) is 13.2 Å². The standard InChI is InChI=1S/C20H22FN3O3/c1-27-18-8-7-14(11-16(18)21)20(26)23-15-5-2-4-13(10-15)12-24-9-3-6-17(24)19(22)25/h2,4-5,7-8,10-11,17H,3,6,9,12H2,1H3,(H2,22,25)(H,23,26). The van der Waals surface area contributed by atoms with Gasteiger partial charge in [0, 0.05) is 17.8 Å². The summed E-state index contributed by atoms with van der Waals surface area (Å²) in [5, 5.41) is 2.77. The van der Waals surface area contributed by atoms with E-state index in [1.165, 1.54) is 19.2 Å². The summed E-state index contributed by atoms with van der Waals surface area (Å²) in [7, 11) is 1.37. The highest BCUT2D eigenvalue weighted by Crippen LogP contribution is 2.22. The van der Waals surface area contributed by atoms with Crippen molar-refractivity contribution in [2.45, 2.75) is 25.4 Å². The first-order valence-corrected chi connectivity index (χ1v) is 8.75. The third-order valence-corrected chi connectivity index (χ3v) is 4.68. The molecule has 1 aliphatic rings.